The zero-order valence-corrected chi connectivity index (χ0v) is 12.5. The van der Waals surface area contributed by atoms with Gasteiger partial charge in [-0.25, -0.2) is 0 Å². The van der Waals surface area contributed by atoms with Gasteiger partial charge in [-0.3, -0.25) is 4.79 Å². The fourth-order valence-corrected chi connectivity index (χ4v) is 2.81. The average molecular weight is 267 g/mol. The molecule has 0 spiro atoms. The summed E-state index contributed by atoms with van der Waals surface area (Å²) >= 11 is 0. The number of nitrogens with one attached hydrogen (secondary N) is 1. The van der Waals surface area contributed by atoms with E-state index in [0.29, 0.717) is 5.56 Å². The SMILES string of the molecule is Cc1cccc(C)c1C(C)(C)NC(=O)c1ccccc1. The van der Waals surface area contributed by atoms with Crippen LogP contribution in [0.25, 0.3) is 0 Å². The van der Waals surface area contributed by atoms with E-state index in [1.807, 2.05) is 50.2 Å². The largest absolute Gasteiger partial charge is 0.343 e. The lowest BCUT2D eigenvalue weighted by atomic mass is 9.86. The van der Waals surface area contributed by atoms with Crippen molar-refractivity contribution in [1.82, 2.24) is 5.32 Å². The van der Waals surface area contributed by atoms with Crippen molar-refractivity contribution in [3.63, 3.8) is 0 Å². The van der Waals surface area contributed by atoms with Crippen LogP contribution in [-0.2, 0) is 5.54 Å². The van der Waals surface area contributed by atoms with Crippen molar-refractivity contribution in [2.75, 3.05) is 0 Å². The maximum Gasteiger partial charge on any atom is 0.251 e. The third-order valence-corrected chi connectivity index (χ3v) is 3.57. The molecule has 2 rings (SSSR count). The van der Waals surface area contributed by atoms with Gasteiger partial charge in [0, 0.05) is 5.56 Å². The maximum absolute atomic E-state index is 12.3. The van der Waals surface area contributed by atoms with E-state index in [9.17, 15) is 4.79 Å². The molecule has 2 heteroatoms. The summed E-state index contributed by atoms with van der Waals surface area (Å²) in [5.74, 6) is -0.0433. The molecule has 0 aliphatic carbocycles. The van der Waals surface area contributed by atoms with E-state index >= 15 is 0 Å². The summed E-state index contributed by atoms with van der Waals surface area (Å²) in [4.78, 5) is 12.3. The average Bonchev–Trinajstić information content (AvgIpc) is 2.38. The van der Waals surface area contributed by atoms with Crippen molar-refractivity contribution in [1.29, 1.82) is 0 Å². The molecular formula is C18H21NO. The number of hydrogen-bond acceptors (Lipinski definition) is 1. The number of carbonyl (C=O) groups is 1. The molecule has 2 aromatic rings. The topological polar surface area (TPSA) is 29.1 Å². The van der Waals surface area contributed by atoms with Crippen LogP contribution in [0.15, 0.2) is 48.5 Å². The van der Waals surface area contributed by atoms with Gasteiger partial charge in [-0.1, -0.05) is 36.4 Å². The fourth-order valence-electron chi connectivity index (χ4n) is 2.81. The highest BCUT2D eigenvalue weighted by molar-refractivity contribution is 5.94. The van der Waals surface area contributed by atoms with Gasteiger partial charge in [0.1, 0.15) is 0 Å². The van der Waals surface area contributed by atoms with Gasteiger partial charge in [0.2, 0.25) is 0 Å². The molecule has 0 aliphatic rings. The van der Waals surface area contributed by atoms with Gasteiger partial charge in [-0.2, -0.15) is 0 Å². The summed E-state index contributed by atoms with van der Waals surface area (Å²) in [7, 11) is 0. The highest BCUT2D eigenvalue weighted by Gasteiger charge is 2.26. The molecule has 104 valence electrons. The summed E-state index contributed by atoms with van der Waals surface area (Å²) in [6, 6.07) is 15.5. The molecule has 2 aromatic carbocycles. The molecule has 0 unspecified atom stereocenters. The van der Waals surface area contributed by atoms with Crippen molar-refractivity contribution < 1.29 is 4.79 Å². The number of aryl methyl sites for hydroxylation is 2. The smallest absolute Gasteiger partial charge is 0.251 e. The quantitative estimate of drug-likeness (QED) is 0.895. The Balaban J connectivity index is 2.30. The Bertz CT molecular complexity index is 594. The summed E-state index contributed by atoms with van der Waals surface area (Å²) in [6.07, 6.45) is 0. The number of carbonyl (C=O) groups excluding carboxylic acids is 1. The maximum atomic E-state index is 12.3. The molecule has 20 heavy (non-hydrogen) atoms. The lowest BCUT2D eigenvalue weighted by Crippen LogP contribution is -2.42. The normalized spacial score (nSPS) is 11.2. The Hall–Kier alpha value is -2.09. The molecule has 0 atom stereocenters. The molecule has 2 nitrogen and oxygen atoms in total. The second-order valence-corrected chi connectivity index (χ2v) is 5.71. The van der Waals surface area contributed by atoms with Crippen LogP contribution in [0.5, 0.6) is 0 Å². The third kappa shape index (κ3) is 2.90. The van der Waals surface area contributed by atoms with Crippen LogP contribution in [0.3, 0.4) is 0 Å². The number of hydrogen-bond donors (Lipinski definition) is 1. The van der Waals surface area contributed by atoms with Crippen molar-refractivity contribution in [2.24, 2.45) is 0 Å². The molecule has 0 bridgehead atoms. The van der Waals surface area contributed by atoms with Crippen LogP contribution >= 0.6 is 0 Å². The fraction of sp³-hybridized carbons (Fsp3) is 0.278. The van der Waals surface area contributed by atoms with Crippen LogP contribution in [0.4, 0.5) is 0 Å². The van der Waals surface area contributed by atoms with Gasteiger partial charge in [-0.15, -0.1) is 0 Å². The molecule has 0 saturated carbocycles. The summed E-state index contributed by atoms with van der Waals surface area (Å²) in [5.41, 5.74) is 3.87. The Morgan fingerprint density at radius 2 is 1.45 bits per heavy atom. The highest BCUT2D eigenvalue weighted by Crippen LogP contribution is 2.27. The minimum Gasteiger partial charge on any atom is -0.343 e. The lowest BCUT2D eigenvalue weighted by Gasteiger charge is -2.30. The molecule has 0 aliphatic heterocycles. The van der Waals surface area contributed by atoms with Crippen molar-refractivity contribution >= 4 is 5.91 Å². The first kappa shape index (κ1) is 14.3. The predicted octanol–water partition coefficient (Wildman–Crippen LogP) is 3.97. The molecule has 0 fully saturated rings. The molecule has 0 saturated heterocycles. The summed E-state index contributed by atoms with van der Waals surface area (Å²) < 4.78 is 0. The third-order valence-electron chi connectivity index (χ3n) is 3.57. The van der Waals surface area contributed by atoms with Crippen molar-refractivity contribution in [3.05, 3.63) is 70.8 Å². The Morgan fingerprint density at radius 3 is 2.00 bits per heavy atom. The van der Waals surface area contributed by atoms with E-state index in [4.69, 9.17) is 0 Å². The summed E-state index contributed by atoms with van der Waals surface area (Å²) in [6.45, 7) is 8.25. The Labute approximate surface area is 120 Å². The number of amides is 1. The summed E-state index contributed by atoms with van der Waals surface area (Å²) in [5, 5.41) is 3.13. The monoisotopic (exact) mass is 267 g/mol. The molecule has 0 heterocycles. The standard InChI is InChI=1S/C18H21NO/c1-13-9-8-10-14(2)16(13)18(3,4)19-17(20)15-11-6-5-7-12-15/h5-12H,1-4H3,(H,19,20). The van der Waals surface area contributed by atoms with Crippen LogP contribution in [0.2, 0.25) is 0 Å². The number of benzene rings is 2. The highest BCUT2D eigenvalue weighted by atomic mass is 16.1. The van der Waals surface area contributed by atoms with Crippen LogP contribution in [0, 0.1) is 13.8 Å². The zero-order chi connectivity index (χ0) is 14.8. The van der Waals surface area contributed by atoms with Gasteiger partial charge in [0.15, 0.2) is 0 Å². The van der Waals surface area contributed by atoms with E-state index in [1.165, 1.54) is 16.7 Å². The number of rotatable bonds is 3. The minimum atomic E-state index is -0.400. The second kappa shape index (κ2) is 5.49. The van der Waals surface area contributed by atoms with Gasteiger partial charge >= 0.3 is 0 Å². The Morgan fingerprint density at radius 1 is 0.900 bits per heavy atom. The first-order chi connectivity index (χ1) is 9.42. The van der Waals surface area contributed by atoms with Crippen molar-refractivity contribution in [2.45, 2.75) is 33.2 Å². The minimum absolute atomic E-state index is 0.0433. The van der Waals surface area contributed by atoms with Gasteiger partial charge in [-0.05, 0) is 56.5 Å². The molecule has 1 amide bonds. The van der Waals surface area contributed by atoms with E-state index in [2.05, 4.69) is 31.3 Å². The zero-order valence-electron chi connectivity index (χ0n) is 12.5. The van der Waals surface area contributed by atoms with Crippen molar-refractivity contribution in [3.8, 4) is 0 Å². The van der Waals surface area contributed by atoms with E-state index in [1.54, 1.807) is 0 Å². The van der Waals surface area contributed by atoms with E-state index in [0.717, 1.165) is 0 Å². The van der Waals surface area contributed by atoms with Crippen LogP contribution < -0.4 is 5.32 Å². The predicted molar refractivity (Wildman–Crippen MR) is 82.9 cm³/mol. The molecule has 0 aromatic heterocycles. The lowest BCUT2D eigenvalue weighted by molar-refractivity contribution is 0.0911. The molecule has 0 radical (unpaired) electrons. The molecule has 1 N–H and O–H groups in total. The first-order valence-electron chi connectivity index (χ1n) is 6.86. The van der Waals surface area contributed by atoms with E-state index in [-0.39, 0.29) is 5.91 Å². The second-order valence-electron chi connectivity index (χ2n) is 5.71. The van der Waals surface area contributed by atoms with Crippen LogP contribution in [0.1, 0.15) is 40.9 Å². The first-order valence-corrected chi connectivity index (χ1v) is 6.86. The molecular weight excluding hydrogens is 246 g/mol. The van der Waals surface area contributed by atoms with Gasteiger partial charge < -0.3 is 5.32 Å². The van der Waals surface area contributed by atoms with Gasteiger partial charge in [0.25, 0.3) is 5.91 Å². The van der Waals surface area contributed by atoms with E-state index < -0.39 is 5.54 Å². The Kier molecular flexibility index (Phi) is 3.93. The van der Waals surface area contributed by atoms with Gasteiger partial charge in [0.05, 0.1) is 5.54 Å². The van der Waals surface area contributed by atoms with Crippen LogP contribution in [-0.4, -0.2) is 5.91 Å².